The summed E-state index contributed by atoms with van der Waals surface area (Å²) in [5.41, 5.74) is 2.95. The van der Waals surface area contributed by atoms with Gasteiger partial charge in [0.15, 0.2) is 5.16 Å². The molecule has 1 amide bonds. The predicted molar refractivity (Wildman–Crippen MR) is 114 cm³/mol. The Hall–Kier alpha value is -3.12. The molecule has 140 valence electrons. The highest BCUT2D eigenvalue weighted by Crippen LogP contribution is 2.24. The van der Waals surface area contributed by atoms with Gasteiger partial charge in [-0.05, 0) is 48.4 Å². The normalized spacial score (nSPS) is 10.9. The molecule has 0 aliphatic heterocycles. The zero-order chi connectivity index (χ0) is 19.5. The molecule has 0 saturated heterocycles. The van der Waals surface area contributed by atoms with Crippen molar-refractivity contribution in [1.82, 2.24) is 14.8 Å². The molecule has 0 spiro atoms. The fourth-order valence-corrected chi connectivity index (χ4v) is 3.91. The Morgan fingerprint density at radius 3 is 2.54 bits per heavy atom. The minimum atomic E-state index is -0.0720. The van der Waals surface area contributed by atoms with Crippen molar-refractivity contribution < 1.29 is 4.79 Å². The van der Waals surface area contributed by atoms with Gasteiger partial charge in [-0.1, -0.05) is 60.3 Å². The summed E-state index contributed by atoms with van der Waals surface area (Å²) in [5, 5.41) is 14.4. The fourth-order valence-electron chi connectivity index (χ4n) is 3.12. The molecule has 1 aromatic heterocycles. The molecule has 0 bridgehead atoms. The summed E-state index contributed by atoms with van der Waals surface area (Å²) in [5.74, 6) is 0.987. The number of aryl methyl sites for hydroxylation is 2. The lowest BCUT2D eigenvalue weighted by Gasteiger charge is -2.11. The number of benzene rings is 3. The summed E-state index contributed by atoms with van der Waals surface area (Å²) >= 11 is 1.38. The van der Waals surface area contributed by atoms with Gasteiger partial charge in [0.2, 0.25) is 5.91 Å². The number of nitrogens with one attached hydrogen (secondary N) is 1. The summed E-state index contributed by atoms with van der Waals surface area (Å²) in [6.45, 7) is 3.97. The van der Waals surface area contributed by atoms with Crippen molar-refractivity contribution in [3.05, 3.63) is 78.1 Å². The molecule has 1 heterocycles. The van der Waals surface area contributed by atoms with Crippen LogP contribution >= 0.6 is 11.8 Å². The van der Waals surface area contributed by atoms with E-state index < -0.39 is 0 Å². The number of anilines is 1. The molecule has 0 saturated carbocycles. The number of carbonyl (C=O) groups is 1. The van der Waals surface area contributed by atoms with Crippen LogP contribution in [0, 0.1) is 13.8 Å². The molecule has 0 radical (unpaired) electrons. The smallest absolute Gasteiger partial charge is 0.234 e. The molecule has 1 N–H and O–H groups in total. The lowest BCUT2D eigenvalue weighted by Crippen LogP contribution is -2.14. The Labute approximate surface area is 167 Å². The van der Waals surface area contributed by atoms with Gasteiger partial charge in [-0.15, -0.1) is 10.2 Å². The first-order valence-electron chi connectivity index (χ1n) is 9.01. The quantitative estimate of drug-likeness (QED) is 0.501. The van der Waals surface area contributed by atoms with Crippen LogP contribution in [-0.4, -0.2) is 26.4 Å². The lowest BCUT2D eigenvalue weighted by atomic mass is 10.1. The Morgan fingerprint density at radius 2 is 1.71 bits per heavy atom. The molecule has 4 rings (SSSR count). The molecule has 0 unspecified atom stereocenters. The topological polar surface area (TPSA) is 59.8 Å². The minimum absolute atomic E-state index is 0.0720. The Kier molecular flexibility index (Phi) is 5.12. The van der Waals surface area contributed by atoms with E-state index in [0.717, 1.165) is 33.5 Å². The van der Waals surface area contributed by atoms with Crippen LogP contribution in [0.4, 0.5) is 5.69 Å². The van der Waals surface area contributed by atoms with Crippen molar-refractivity contribution >= 4 is 34.1 Å². The number of aromatic nitrogens is 3. The van der Waals surface area contributed by atoms with Crippen LogP contribution in [0.1, 0.15) is 11.4 Å². The van der Waals surface area contributed by atoms with Crippen LogP contribution in [0.3, 0.4) is 0 Å². The zero-order valence-electron chi connectivity index (χ0n) is 15.7. The van der Waals surface area contributed by atoms with Crippen molar-refractivity contribution in [2.45, 2.75) is 19.0 Å². The van der Waals surface area contributed by atoms with Gasteiger partial charge >= 0.3 is 0 Å². The maximum atomic E-state index is 12.5. The molecule has 6 heteroatoms. The number of thioether (sulfide) groups is 1. The van der Waals surface area contributed by atoms with Gasteiger partial charge in [-0.3, -0.25) is 9.36 Å². The van der Waals surface area contributed by atoms with E-state index in [1.165, 1.54) is 11.8 Å². The summed E-state index contributed by atoms with van der Waals surface area (Å²) in [7, 11) is 0. The van der Waals surface area contributed by atoms with Crippen molar-refractivity contribution in [3.8, 4) is 5.69 Å². The highest BCUT2D eigenvalue weighted by Gasteiger charge is 2.14. The molecule has 0 atom stereocenters. The molecular formula is C22H20N4OS. The number of hydrogen-bond donors (Lipinski definition) is 1. The zero-order valence-corrected chi connectivity index (χ0v) is 16.5. The van der Waals surface area contributed by atoms with Crippen molar-refractivity contribution in [2.75, 3.05) is 11.1 Å². The third-order valence-corrected chi connectivity index (χ3v) is 5.45. The second-order valence-corrected chi connectivity index (χ2v) is 7.49. The van der Waals surface area contributed by atoms with Gasteiger partial charge in [-0.2, -0.15) is 0 Å². The van der Waals surface area contributed by atoms with Gasteiger partial charge in [0.05, 0.1) is 11.4 Å². The van der Waals surface area contributed by atoms with Gasteiger partial charge in [0, 0.05) is 5.69 Å². The van der Waals surface area contributed by atoms with Gasteiger partial charge in [0.1, 0.15) is 5.82 Å². The van der Waals surface area contributed by atoms with Gasteiger partial charge in [0.25, 0.3) is 0 Å². The monoisotopic (exact) mass is 388 g/mol. The van der Waals surface area contributed by atoms with E-state index in [1.54, 1.807) is 0 Å². The number of rotatable bonds is 5. The number of nitrogens with zero attached hydrogens (tertiary/aromatic N) is 3. The van der Waals surface area contributed by atoms with E-state index in [2.05, 4.69) is 34.6 Å². The first kappa shape index (κ1) is 18.3. The molecule has 0 aliphatic rings. The van der Waals surface area contributed by atoms with Crippen molar-refractivity contribution in [3.63, 3.8) is 0 Å². The Morgan fingerprint density at radius 1 is 0.964 bits per heavy atom. The summed E-state index contributed by atoms with van der Waals surface area (Å²) in [6, 6.07) is 22.1. The number of para-hydroxylation sites is 1. The van der Waals surface area contributed by atoms with Crippen LogP contribution in [0.15, 0.2) is 71.9 Å². The van der Waals surface area contributed by atoms with Gasteiger partial charge in [-0.25, -0.2) is 0 Å². The van der Waals surface area contributed by atoms with Crippen LogP contribution in [0.25, 0.3) is 16.5 Å². The number of carbonyl (C=O) groups excluding carboxylic acids is 1. The third kappa shape index (κ3) is 3.77. The van der Waals surface area contributed by atoms with E-state index in [-0.39, 0.29) is 11.7 Å². The highest BCUT2D eigenvalue weighted by atomic mass is 32.2. The van der Waals surface area contributed by atoms with E-state index in [1.807, 2.05) is 66.1 Å². The Bertz CT molecular complexity index is 1150. The first-order chi connectivity index (χ1) is 13.6. The number of hydrogen-bond acceptors (Lipinski definition) is 4. The molecular weight excluding hydrogens is 368 g/mol. The van der Waals surface area contributed by atoms with E-state index in [0.29, 0.717) is 5.16 Å². The lowest BCUT2D eigenvalue weighted by molar-refractivity contribution is -0.113. The fraction of sp³-hybridized carbons (Fsp3) is 0.136. The standard InChI is InChI=1S/C22H20N4OS/c1-15-7-3-6-10-20(15)26-16(2)24-25-22(26)28-14-21(27)23-19-12-11-17-8-4-5-9-18(17)13-19/h3-13H,14H2,1-2H3,(H,23,27). The molecule has 5 nitrogen and oxygen atoms in total. The molecule has 0 fully saturated rings. The van der Waals surface area contributed by atoms with Crippen molar-refractivity contribution in [2.24, 2.45) is 0 Å². The number of amides is 1. The van der Waals surface area contributed by atoms with E-state index >= 15 is 0 Å². The van der Waals surface area contributed by atoms with Gasteiger partial charge < -0.3 is 5.32 Å². The first-order valence-corrected chi connectivity index (χ1v) is 10.00. The summed E-state index contributed by atoms with van der Waals surface area (Å²) < 4.78 is 1.99. The molecule has 28 heavy (non-hydrogen) atoms. The minimum Gasteiger partial charge on any atom is -0.325 e. The van der Waals surface area contributed by atoms with Crippen LogP contribution < -0.4 is 5.32 Å². The molecule has 0 aliphatic carbocycles. The van der Waals surface area contributed by atoms with Crippen LogP contribution in [0.2, 0.25) is 0 Å². The average Bonchev–Trinajstić information content (AvgIpc) is 3.07. The summed E-state index contributed by atoms with van der Waals surface area (Å²) in [6.07, 6.45) is 0. The largest absolute Gasteiger partial charge is 0.325 e. The van der Waals surface area contributed by atoms with Crippen molar-refractivity contribution in [1.29, 1.82) is 0 Å². The third-order valence-electron chi connectivity index (χ3n) is 4.52. The maximum Gasteiger partial charge on any atom is 0.234 e. The predicted octanol–water partition coefficient (Wildman–Crippen LogP) is 4.77. The second kappa shape index (κ2) is 7.86. The molecule has 3 aromatic carbocycles. The van der Waals surface area contributed by atoms with E-state index in [9.17, 15) is 4.79 Å². The average molecular weight is 388 g/mol. The molecule has 4 aromatic rings. The highest BCUT2D eigenvalue weighted by molar-refractivity contribution is 7.99. The SMILES string of the molecule is Cc1ccccc1-n1c(C)nnc1SCC(=O)Nc1ccc2ccccc2c1. The van der Waals surface area contributed by atoms with Crippen LogP contribution in [-0.2, 0) is 4.79 Å². The van der Waals surface area contributed by atoms with Crippen LogP contribution in [0.5, 0.6) is 0 Å². The summed E-state index contributed by atoms with van der Waals surface area (Å²) in [4.78, 5) is 12.5. The maximum absolute atomic E-state index is 12.5. The second-order valence-electron chi connectivity index (χ2n) is 6.55. The van der Waals surface area contributed by atoms with E-state index in [4.69, 9.17) is 0 Å². The Balaban J connectivity index is 1.47. The number of fused-ring (bicyclic) bond motifs is 1.